The number of methoxy groups -OCH3 is 1. The topological polar surface area (TPSA) is 49.9 Å². The summed E-state index contributed by atoms with van der Waals surface area (Å²) in [5, 5.41) is 0. The third kappa shape index (κ3) is 3.82. The quantitative estimate of drug-likeness (QED) is 0.805. The first-order valence-corrected chi connectivity index (χ1v) is 8.38. The van der Waals surface area contributed by atoms with Crippen molar-refractivity contribution in [3.8, 4) is 5.75 Å². The van der Waals surface area contributed by atoms with E-state index in [1.54, 1.807) is 38.3 Å². The molecule has 1 heterocycles. The van der Waals surface area contributed by atoms with Gasteiger partial charge in [-0.05, 0) is 55.5 Å². The van der Waals surface area contributed by atoms with Crippen LogP contribution >= 0.6 is 0 Å². The molecule has 3 rings (SSSR count). The van der Waals surface area contributed by atoms with Gasteiger partial charge in [-0.2, -0.15) is 0 Å². The zero-order chi connectivity index (χ0) is 17.8. The van der Waals surface area contributed by atoms with Crippen molar-refractivity contribution in [2.75, 3.05) is 38.2 Å². The van der Waals surface area contributed by atoms with Gasteiger partial charge in [-0.25, -0.2) is 0 Å². The van der Waals surface area contributed by atoms with Crippen LogP contribution < -0.4 is 9.64 Å². The van der Waals surface area contributed by atoms with E-state index in [0.29, 0.717) is 18.7 Å². The molecule has 1 amide bonds. The van der Waals surface area contributed by atoms with E-state index >= 15 is 0 Å². The fourth-order valence-electron chi connectivity index (χ4n) is 2.99. The van der Waals surface area contributed by atoms with Crippen LogP contribution in [-0.2, 0) is 0 Å². The number of piperazine rings is 1. The second-order valence-corrected chi connectivity index (χ2v) is 6.11. The summed E-state index contributed by atoms with van der Waals surface area (Å²) in [6.07, 6.45) is 0. The number of anilines is 1. The van der Waals surface area contributed by atoms with Gasteiger partial charge in [-0.3, -0.25) is 9.59 Å². The van der Waals surface area contributed by atoms with Gasteiger partial charge in [0.2, 0.25) is 0 Å². The third-order valence-corrected chi connectivity index (χ3v) is 4.54. The standard InChI is InChI=1S/C20H22N2O3/c1-15(23)16-3-7-18(8-4-16)21-11-13-22(14-12-21)20(24)17-5-9-19(25-2)10-6-17/h3-10H,11-14H2,1-2H3. The van der Waals surface area contributed by atoms with E-state index in [-0.39, 0.29) is 11.7 Å². The average molecular weight is 338 g/mol. The molecule has 1 aliphatic rings. The van der Waals surface area contributed by atoms with Crippen molar-refractivity contribution in [2.45, 2.75) is 6.92 Å². The zero-order valence-corrected chi connectivity index (χ0v) is 14.6. The lowest BCUT2D eigenvalue weighted by Crippen LogP contribution is -2.48. The molecule has 0 spiro atoms. The normalized spacial score (nSPS) is 14.3. The van der Waals surface area contributed by atoms with Gasteiger partial charge in [-0.15, -0.1) is 0 Å². The van der Waals surface area contributed by atoms with Crippen molar-refractivity contribution >= 4 is 17.4 Å². The maximum atomic E-state index is 12.6. The van der Waals surface area contributed by atoms with Gasteiger partial charge in [-0.1, -0.05) is 0 Å². The molecule has 0 bridgehead atoms. The van der Waals surface area contributed by atoms with Gasteiger partial charge in [0.15, 0.2) is 5.78 Å². The van der Waals surface area contributed by atoms with Gasteiger partial charge in [0, 0.05) is 43.0 Å². The van der Waals surface area contributed by atoms with Crippen LogP contribution in [-0.4, -0.2) is 49.9 Å². The minimum atomic E-state index is 0.0502. The first-order valence-electron chi connectivity index (χ1n) is 8.38. The SMILES string of the molecule is COc1ccc(C(=O)N2CCN(c3ccc(C(C)=O)cc3)CC2)cc1. The van der Waals surface area contributed by atoms with Crippen LogP contribution in [0.1, 0.15) is 27.6 Å². The fourth-order valence-corrected chi connectivity index (χ4v) is 2.99. The molecule has 0 aliphatic carbocycles. The zero-order valence-electron chi connectivity index (χ0n) is 14.6. The predicted octanol–water partition coefficient (Wildman–Crippen LogP) is 2.86. The molecule has 0 unspecified atom stereocenters. The summed E-state index contributed by atoms with van der Waals surface area (Å²) in [4.78, 5) is 28.1. The summed E-state index contributed by atoms with van der Waals surface area (Å²) in [6.45, 7) is 4.49. The highest BCUT2D eigenvalue weighted by atomic mass is 16.5. The van der Waals surface area contributed by atoms with E-state index in [9.17, 15) is 9.59 Å². The Kier molecular flexibility index (Phi) is 5.03. The number of Topliss-reactive ketones (excluding diaryl/α,β-unsaturated/α-hetero) is 1. The molecule has 0 radical (unpaired) electrons. The smallest absolute Gasteiger partial charge is 0.253 e. The minimum absolute atomic E-state index is 0.0502. The summed E-state index contributed by atoms with van der Waals surface area (Å²) in [6, 6.07) is 14.9. The van der Waals surface area contributed by atoms with Crippen LogP contribution in [0.3, 0.4) is 0 Å². The second kappa shape index (κ2) is 7.38. The van der Waals surface area contributed by atoms with Crippen molar-refractivity contribution in [3.63, 3.8) is 0 Å². The van der Waals surface area contributed by atoms with E-state index in [4.69, 9.17) is 4.74 Å². The number of carbonyl (C=O) groups is 2. The van der Waals surface area contributed by atoms with Crippen LogP contribution in [0.4, 0.5) is 5.69 Å². The lowest BCUT2D eigenvalue weighted by atomic mass is 10.1. The van der Waals surface area contributed by atoms with E-state index in [1.807, 2.05) is 29.2 Å². The Bertz CT molecular complexity index is 746. The molecule has 5 heteroatoms. The Labute approximate surface area is 147 Å². The van der Waals surface area contributed by atoms with Gasteiger partial charge in [0.1, 0.15) is 5.75 Å². The van der Waals surface area contributed by atoms with Crippen molar-refractivity contribution in [3.05, 3.63) is 59.7 Å². The molecule has 0 N–H and O–H groups in total. The average Bonchev–Trinajstić information content (AvgIpc) is 2.67. The second-order valence-electron chi connectivity index (χ2n) is 6.11. The molecule has 1 aliphatic heterocycles. The Morgan fingerprint density at radius 2 is 1.40 bits per heavy atom. The summed E-state index contributed by atoms with van der Waals surface area (Å²) in [5.41, 5.74) is 2.48. The molecule has 0 atom stereocenters. The molecular weight excluding hydrogens is 316 g/mol. The van der Waals surface area contributed by atoms with E-state index in [1.165, 1.54) is 0 Å². The number of ether oxygens (including phenoxy) is 1. The first kappa shape index (κ1) is 17.0. The van der Waals surface area contributed by atoms with Crippen molar-refractivity contribution < 1.29 is 14.3 Å². The van der Waals surface area contributed by atoms with Crippen molar-refractivity contribution in [2.24, 2.45) is 0 Å². The van der Waals surface area contributed by atoms with Crippen molar-refractivity contribution in [1.82, 2.24) is 4.90 Å². The number of carbonyl (C=O) groups excluding carboxylic acids is 2. The highest BCUT2D eigenvalue weighted by molar-refractivity contribution is 5.95. The van der Waals surface area contributed by atoms with E-state index in [0.717, 1.165) is 30.1 Å². The summed E-state index contributed by atoms with van der Waals surface area (Å²) in [5.74, 6) is 0.867. The molecule has 130 valence electrons. The highest BCUT2D eigenvalue weighted by Crippen LogP contribution is 2.19. The minimum Gasteiger partial charge on any atom is -0.497 e. The van der Waals surface area contributed by atoms with Crippen molar-refractivity contribution in [1.29, 1.82) is 0 Å². The Hall–Kier alpha value is -2.82. The maximum Gasteiger partial charge on any atom is 0.253 e. The lowest BCUT2D eigenvalue weighted by Gasteiger charge is -2.36. The molecule has 5 nitrogen and oxygen atoms in total. The molecule has 2 aromatic rings. The summed E-state index contributed by atoms with van der Waals surface area (Å²) < 4.78 is 5.13. The van der Waals surface area contributed by atoms with E-state index in [2.05, 4.69) is 4.90 Å². The predicted molar refractivity (Wildman–Crippen MR) is 97.6 cm³/mol. The molecular formula is C20H22N2O3. The molecule has 1 fully saturated rings. The molecule has 0 aromatic heterocycles. The van der Waals surface area contributed by atoms with Gasteiger partial charge >= 0.3 is 0 Å². The molecule has 25 heavy (non-hydrogen) atoms. The number of benzene rings is 2. The van der Waals surface area contributed by atoms with Crippen LogP contribution in [0.25, 0.3) is 0 Å². The number of hydrogen-bond acceptors (Lipinski definition) is 4. The Morgan fingerprint density at radius 3 is 1.92 bits per heavy atom. The number of ketones is 1. The molecule has 2 aromatic carbocycles. The maximum absolute atomic E-state index is 12.6. The summed E-state index contributed by atoms with van der Waals surface area (Å²) >= 11 is 0. The van der Waals surface area contributed by atoms with Crippen LogP contribution in [0.2, 0.25) is 0 Å². The molecule has 1 saturated heterocycles. The van der Waals surface area contributed by atoms with E-state index < -0.39 is 0 Å². The Morgan fingerprint density at radius 1 is 0.840 bits per heavy atom. The number of nitrogens with zero attached hydrogens (tertiary/aromatic N) is 2. The monoisotopic (exact) mass is 338 g/mol. The number of amides is 1. The third-order valence-electron chi connectivity index (χ3n) is 4.54. The molecule has 0 saturated carbocycles. The van der Waals surface area contributed by atoms with Crippen LogP contribution in [0.15, 0.2) is 48.5 Å². The summed E-state index contributed by atoms with van der Waals surface area (Å²) in [7, 11) is 1.61. The van der Waals surface area contributed by atoms with Gasteiger partial charge in [0.25, 0.3) is 5.91 Å². The van der Waals surface area contributed by atoms with Crippen LogP contribution in [0, 0.1) is 0 Å². The first-order chi connectivity index (χ1) is 12.1. The lowest BCUT2D eigenvalue weighted by molar-refractivity contribution is 0.0746. The van der Waals surface area contributed by atoms with Crippen LogP contribution in [0.5, 0.6) is 5.75 Å². The number of hydrogen-bond donors (Lipinski definition) is 0. The van der Waals surface area contributed by atoms with Gasteiger partial charge < -0.3 is 14.5 Å². The Balaban J connectivity index is 1.60. The van der Waals surface area contributed by atoms with Gasteiger partial charge in [0.05, 0.1) is 7.11 Å². The number of rotatable bonds is 4. The fraction of sp³-hybridized carbons (Fsp3) is 0.300. The largest absolute Gasteiger partial charge is 0.497 e. The highest BCUT2D eigenvalue weighted by Gasteiger charge is 2.22.